The van der Waals surface area contributed by atoms with E-state index in [0.29, 0.717) is 24.1 Å². The highest BCUT2D eigenvalue weighted by Gasteiger charge is 2.43. The van der Waals surface area contributed by atoms with E-state index in [1.807, 2.05) is 24.3 Å². The minimum Gasteiger partial charge on any atom is -0.507 e. The van der Waals surface area contributed by atoms with Crippen LogP contribution in [0.1, 0.15) is 46.3 Å². The summed E-state index contributed by atoms with van der Waals surface area (Å²) in [4.78, 5) is 13.6. The molecule has 2 aliphatic heterocycles. The second-order valence-corrected chi connectivity index (χ2v) is 11.2. The lowest BCUT2D eigenvalue weighted by Gasteiger charge is -2.52. The van der Waals surface area contributed by atoms with Gasteiger partial charge < -0.3 is 24.2 Å². The number of ether oxygens (including phenoxy) is 3. The lowest BCUT2D eigenvalue weighted by Crippen LogP contribution is -2.59. The Balaban J connectivity index is 1.20. The topological polar surface area (TPSA) is 68.2 Å². The summed E-state index contributed by atoms with van der Waals surface area (Å²) in [6.07, 6.45) is 4.05. The van der Waals surface area contributed by atoms with Crippen molar-refractivity contribution in [1.82, 2.24) is 4.90 Å². The molecule has 0 radical (unpaired) electrons. The number of carbonyl (C=O) groups excluding carboxylic acids is 1. The molecule has 3 aromatic carbocycles. The molecule has 2 fully saturated rings. The molecule has 6 nitrogen and oxygen atoms in total. The number of carbonyl (C=O) groups is 1. The Morgan fingerprint density at radius 1 is 1.05 bits per heavy atom. The largest absolute Gasteiger partial charge is 0.507 e. The number of nitrogens with zero attached hydrogens (tertiary/aromatic N) is 1. The maximum absolute atomic E-state index is 11.0. The third kappa shape index (κ3) is 6.08. The Labute approximate surface area is 235 Å². The molecule has 0 saturated carbocycles. The van der Waals surface area contributed by atoms with Crippen molar-refractivity contribution in [3.63, 3.8) is 0 Å². The van der Waals surface area contributed by atoms with Crippen molar-refractivity contribution >= 4 is 17.9 Å². The first kappa shape index (κ1) is 27.5. The van der Waals surface area contributed by atoms with E-state index in [-0.39, 0.29) is 22.9 Å². The van der Waals surface area contributed by atoms with Crippen LogP contribution in [-0.2, 0) is 11.3 Å². The number of hydrogen-bond donors (Lipinski definition) is 1. The number of halogens is 1. The van der Waals surface area contributed by atoms with Gasteiger partial charge in [0.2, 0.25) is 0 Å². The summed E-state index contributed by atoms with van der Waals surface area (Å²) in [6, 6.07) is 15.1. The van der Waals surface area contributed by atoms with Gasteiger partial charge >= 0.3 is 0 Å². The van der Waals surface area contributed by atoms with Crippen molar-refractivity contribution in [3.8, 4) is 28.4 Å². The third-order valence-corrected chi connectivity index (χ3v) is 8.31. The van der Waals surface area contributed by atoms with Gasteiger partial charge in [-0.15, -0.1) is 0 Å². The predicted octanol–water partition coefficient (Wildman–Crippen LogP) is 6.60. The fourth-order valence-corrected chi connectivity index (χ4v) is 6.03. The fraction of sp³-hybridized carbons (Fsp3) is 0.406. The van der Waals surface area contributed by atoms with Crippen LogP contribution in [0.4, 0.5) is 0 Å². The SMILES string of the molecule is Cc1c(COc2cc(O)c(C=O)cc2Cl)cccc1-c1cccc(OCCCN2CC3(CCCOC3)C2)c1C. The van der Waals surface area contributed by atoms with Gasteiger partial charge in [-0.3, -0.25) is 4.79 Å². The van der Waals surface area contributed by atoms with E-state index in [1.54, 1.807) is 0 Å². The number of hydrogen-bond acceptors (Lipinski definition) is 6. The van der Waals surface area contributed by atoms with Crippen LogP contribution in [0.15, 0.2) is 48.5 Å². The lowest BCUT2D eigenvalue weighted by atomic mass is 9.75. The first-order valence-electron chi connectivity index (χ1n) is 13.6. The fourth-order valence-electron chi connectivity index (χ4n) is 5.80. The number of phenolic OH excluding ortho intramolecular Hbond substituents is 1. The molecule has 5 rings (SSSR count). The number of phenols is 1. The van der Waals surface area contributed by atoms with Crippen LogP contribution >= 0.6 is 11.6 Å². The summed E-state index contributed by atoms with van der Waals surface area (Å²) in [6.45, 7) is 10.3. The highest BCUT2D eigenvalue weighted by molar-refractivity contribution is 6.32. The average molecular weight is 550 g/mol. The monoisotopic (exact) mass is 549 g/mol. The maximum atomic E-state index is 11.0. The third-order valence-electron chi connectivity index (χ3n) is 8.01. The second-order valence-electron chi connectivity index (χ2n) is 10.8. The Bertz CT molecular complexity index is 1330. The summed E-state index contributed by atoms with van der Waals surface area (Å²) in [5.74, 6) is 1.08. The molecule has 206 valence electrons. The number of rotatable bonds is 10. The standard InChI is InChI=1S/C32H36ClNO5/c1-22-24(18-39-31-16-29(36)25(17-35)15-28(31)33)7-3-8-26(22)27-9-4-10-30(23(27)2)38-14-6-12-34-19-32(20-34)11-5-13-37-21-32/h3-4,7-10,15-17,36H,5-6,11-14,18-21H2,1-2H3. The van der Waals surface area contributed by atoms with Gasteiger partial charge in [-0.2, -0.15) is 0 Å². The van der Waals surface area contributed by atoms with E-state index in [9.17, 15) is 9.90 Å². The van der Waals surface area contributed by atoms with Gasteiger partial charge in [0.05, 0.1) is 23.8 Å². The van der Waals surface area contributed by atoms with E-state index in [2.05, 4.69) is 30.9 Å². The van der Waals surface area contributed by atoms with Crippen molar-refractivity contribution in [2.45, 2.75) is 39.7 Å². The van der Waals surface area contributed by atoms with Crippen molar-refractivity contribution in [2.24, 2.45) is 5.41 Å². The molecule has 0 amide bonds. The summed E-state index contributed by atoms with van der Waals surface area (Å²) >= 11 is 6.25. The van der Waals surface area contributed by atoms with Crippen LogP contribution in [0.3, 0.4) is 0 Å². The molecule has 1 N–H and O–H groups in total. The number of aldehydes is 1. The molecular weight excluding hydrogens is 514 g/mol. The summed E-state index contributed by atoms with van der Waals surface area (Å²) in [5.41, 5.74) is 6.00. The van der Waals surface area contributed by atoms with Crippen LogP contribution in [0.5, 0.6) is 17.2 Å². The Kier molecular flexibility index (Phi) is 8.46. The molecule has 7 heteroatoms. The first-order chi connectivity index (χ1) is 18.9. The zero-order valence-corrected chi connectivity index (χ0v) is 23.4. The predicted molar refractivity (Wildman–Crippen MR) is 153 cm³/mol. The van der Waals surface area contributed by atoms with Crippen molar-refractivity contribution in [1.29, 1.82) is 0 Å². The van der Waals surface area contributed by atoms with E-state index in [4.69, 9.17) is 25.8 Å². The van der Waals surface area contributed by atoms with Gasteiger partial charge in [-0.25, -0.2) is 0 Å². The molecule has 0 atom stereocenters. The molecule has 0 unspecified atom stereocenters. The highest BCUT2D eigenvalue weighted by atomic mass is 35.5. The normalized spacial score (nSPS) is 16.6. The molecule has 1 spiro atoms. The number of likely N-dealkylation sites (tertiary alicyclic amines) is 1. The van der Waals surface area contributed by atoms with Crippen LogP contribution in [0.25, 0.3) is 11.1 Å². The molecule has 0 aromatic heterocycles. The van der Waals surface area contributed by atoms with Crippen LogP contribution in [0.2, 0.25) is 5.02 Å². The van der Waals surface area contributed by atoms with E-state index >= 15 is 0 Å². The molecule has 2 aliphatic rings. The van der Waals surface area contributed by atoms with E-state index in [1.165, 1.54) is 25.0 Å². The summed E-state index contributed by atoms with van der Waals surface area (Å²) in [7, 11) is 0. The first-order valence-corrected chi connectivity index (χ1v) is 14.0. The Morgan fingerprint density at radius 3 is 2.56 bits per heavy atom. The summed E-state index contributed by atoms with van der Waals surface area (Å²) < 4.78 is 17.9. The molecule has 0 bridgehead atoms. The van der Waals surface area contributed by atoms with E-state index < -0.39 is 0 Å². The van der Waals surface area contributed by atoms with Crippen LogP contribution < -0.4 is 9.47 Å². The molecule has 0 aliphatic carbocycles. The van der Waals surface area contributed by atoms with Gasteiger partial charge in [-0.1, -0.05) is 41.9 Å². The second kappa shape index (κ2) is 12.0. The Morgan fingerprint density at radius 2 is 1.82 bits per heavy atom. The molecule has 2 saturated heterocycles. The van der Waals surface area contributed by atoms with Crippen LogP contribution in [-0.4, -0.2) is 55.7 Å². The smallest absolute Gasteiger partial charge is 0.153 e. The van der Waals surface area contributed by atoms with Gasteiger partial charge in [0.25, 0.3) is 0 Å². The lowest BCUT2D eigenvalue weighted by molar-refractivity contribution is -0.101. The average Bonchev–Trinajstić information content (AvgIpc) is 2.92. The van der Waals surface area contributed by atoms with E-state index in [0.717, 1.165) is 72.8 Å². The molecular formula is C32H36ClNO5. The van der Waals surface area contributed by atoms with Gasteiger partial charge in [-0.05, 0) is 73.1 Å². The van der Waals surface area contributed by atoms with Gasteiger partial charge in [0, 0.05) is 37.7 Å². The van der Waals surface area contributed by atoms with Gasteiger partial charge in [0.1, 0.15) is 23.9 Å². The number of benzene rings is 3. The van der Waals surface area contributed by atoms with Gasteiger partial charge in [0.15, 0.2) is 6.29 Å². The minimum atomic E-state index is -0.157. The van der Waals surface area contributed by atoms with Crippen molar-refractivity contribution in [3.05, 3.63) is 75.8 Å². The quantitative estimate of drug-likeness (QED) is 0.227. The zero-order chi connectivity index (χ0) is 27.4. The maximum Gasteiger partial charge on any atom is 0.153 e. The van der Waals surface area contributed by atoms with Crippen molar-refractivity contribution in [2.75, 3.05) is 39.5 Å². The Hall–Kier alpha value is -3.06. The zero-order valence-electron chi connectivity index (χ0n) is 22.7. The van der Waals surface area contributed by atoms with Crippen LogP contribution in [0, 0.1) is 19.3 Å². The van der Waals surface area contributed by atoms with Crippen molar-refractivity contribution < 1.29 is 24.1 Å². The number of aromatic hydroxyl groups is 1. The highest BCUT2D eigenvalue weighted by Crippen LogP contribution is 2.38. The molecule has 39 heavy (non-hydrogen) atoms. The molecule has 2 heterocycles. The molecule has 3 aromatic rings. The minimum absolute atomic E-state index is 0.131. The summed E-state index contributed by atoms with van der Waals surface area (Å²) in [5, 5.41) is 10.3.